The number of rotatable bonds is 5. The van der Waals surface area contributed by atoms with Crippen LogP contribution in [0.3, 0.4) is 0 Å². The molecule has 72 valence electrons. The van der Waals surface area contributed by atoms with Crippen molar-refractivity contribution in [2.75, 3.05) is 19.6 Å². The fourth-order valence-corrected chi connectivity index (χ4v) is 1.25. The molecule has 0 spiro atoms. The van der Waals surface area contributed by atoms with Crippen LogP contribution in [0.25, 0.3) is 0 Å². The maximum Gasteiger partial charge on any atom is 0.0543 e. The van der Waals surface area contributed by atoms with Crippen molar-refractivity contribution in [3.8, 4) is 0 Å². The first-order valence-corrected chi connectivity index (χ1v) is 4.69. The summed E-state index contributed by atoms with van der Waals surface area (Å²) in [5.41, 5.74) is 6.61. The van der Waals surface area contributed by atoms with Gasteiger partial charge in [-0.05, 0) is 18.7 Å². The molecule has 0 fully saturated rings. The highest BCUT2D eigenvalue weighted by atomic mass is 15.1. The summed E-state index contributed by atoms with van der Waals surface area (Å²) in [5.74, 6) is 0. The Kier molecular flexibility index (Phi) is 4.43. The van der Waals surface area contributed by atoms with Gasteiger partial charge in [0.15, 0.2) is 0 Å². The second kappa shape index (κ2) is 5.67. The normalized spacial score (nSPS) is 10.7. The van der Waals surface area contributed by atoms with Gasteiger partial charge in [0, 0.05) is 25.8 Å². The van der Waals surface area contributed by atoms with Gasteiger partial charge in [0.25, 0.3) is 0 Å². The number of nitrogens with two attached hydrogens (primary N) is 1. The predicted molar refractivity (Wildman–Crippen MR) is 54.2 cm³/mol. The number of likely N-dealkylation sites (N-methyl/N-ethyl adjacent to an activating group) is 1. The van der Waals surface area contributed by atoms with E-state index < -0.39 is 0 Å². The largest absolute Gasteiger partial charge is 0.329 e. The number of aromatic nitrogens is 1. The van der Waals surface area contributed by atoms with Crippen molar-refractivity contribution in [2.24, 2.45) is 5.73 Å². The molecular weight excluding hydrogens is 162 g/mol. The molecular formula is C10H17N3. The summed E-state index contributed by atoms with van der Waals surface area (Å²) in [6.45, 7) is 5.70. The Morgan fingerprint density at radius 2 is 2.31 bits per heavy atom. The van der Waals surface area contributed by atoms with E-state index >= 15 is 0 Å². The molecule has 0 atom stereocenters. The van der Waals surface area contributed by atoms with E-state index in [1.54, 1.807) is 0 Å². The number of hydrogen-bond acceptors (Lipinski definition) is 3. The summed E-state index contributed by atoms with van der Waals surface area (Å²) in [6.07, 6.45) is 1.83. The molecule has 1 aromatic heterocycles. The van der Waals surface area contributed by atoms with E-state index in [2.05, 4.69) is 16.8 Å². The van der Waals surface area contributed by atoms with Crippen LogP contribution in [0.4, 0.5) is 0 Å². The van der Waals surface area contributed by atoms with Crippen LogP contribution in [0.2, 0.25) is 0 Å². The highest BCUT2D eigenvalue weighted by Gasteiger charge is 2.01. The Labute approximate surface area is 79.6 Å². The molecule has 0 bridgehead atoms. The third-order valence-corrected chi connectivity index (χ3v) is 2.00. The Hall–Kier alpha value is -0.930. The zero-order valence-electron chi connectivity index (χ0n) is 8.11. The van der Waals surface area contributed by atoms with E-state index in [0.29, 0.717) is 6.54 Å². The minimum Gasteiger partial charge on any atom is -0.329 e. The first kappa shape index (κ1) is 10.2. The molecule has 0 radical (unpaired) electrons. The molecule has 3 heteroatoms. The lowest BCUT2D eigenvalue weighted by atomic mass is 10.3. The van der Waals surface area contributed by atoms with Crippen LogP contribution in [0.1, 0.15) is 12.6 Å². The van der Waals surface area contributed by atoms with E-state index in [-0.39, 0.29) is 0 Å². The van der Waals surface area contributed by atoms with Gasteiger partial charge in [0.1, 0.15) is 0 Å². The van der Waals surface area contributed by atoms with Crippen LogP contribution < -0.4 is 5.73 Å². The first-order valence-electron chi connectivity index (χ1n) is 4.69. The lowest BCUT2D eigenvalue weighted by molar-refractivity contribution is 0.285. The van der Waals surface area contributed by atoms with Crippen molar-refractivity contribution in [3.05, 3.63) is 30.1 Å². The van der Waals surface area contributed by atoms with Crippen molar-refractivity contribution in [2.45, 2.75) is 13.5 Å². The summed E-state index contributed by atoms with van der Waals surface area (Å²) in [4.78, 5) is 6.55. The van der Waals surface area contributed by atoms with Crippen molar-refractivity contribution in [1.82, 2.24) is 9.88 Å². The molecule has 1 rings (SSSR count). The average Bonchev–Trinajstić information content (AvgIpc) is 2.19. The molecule has 0 aliphatic rings. The molecule has 1 aromatic rings. The van der Waals surface area contributed by atoms with E-state index in [1.165, 1.54) is 0 Å². The molecule has 13 heavy (non-hydrogen) atoms. The van der Waals surface area contributed by atoms with Crippen molar-refractivity contribution in [1.29, 1.82) is 0 Å². The lowest BCUT2D eigenvalue weighted by Gasteiger charge is -2.18. The van der Waals surface area contributed by atoms with Crippen LogP contribution in [-0.2, 0) is 6.54 Å². The van der Waals surface area contributed by atoms with Gasteiger partial charge in [0.05, 0.1) is 5.69 Å². The molecule has 0 aromatic carbocycles. The molecule has 1 heterocycles. The van der Waals surface area contributed by atoms with E-state index in [1.807, 2.05) is 24.4 Å². The quantitative estimate of drug-likeness (QED) is 0.729. The number of pyridine rings is 1. The standard InChI is InChI=1S/C10H17N3/c1-2-13(8-6-11)9-10-5-3-4-7-12-10/h3-5,7H,2,6,8-9,11H2,1H3. The Morgan fingerprint density at radius 1 is 1.46 bits per heavy atom. The smallest absolute Gasteiger partial charge is 0.0543 e. The van der Waals surface area contributed by atoms with E-state index in [4.69, 9.17) is 5.73 Å². The van der Waals surface area contributed by atoms with Crippen LogP contribution in [0.15, 0.2) is 24.4 Å². The van der Waals surface area contributed by atoms with Crippen molar-refractivity contribution < 1.29 is 0 Å². The molecule has 0 aliphatic heterocycles. The second-order valence-corrected chi connectivity index (χ2v) is 2.98. The summed E-state index contributed by atoms with van der Waals surface area (Å²) < 4.78 is 0. The third-order valence-electron chi connectivity index (χ3n) is 2.00. The Morgan fingerprint density at radius 3 is 2.85 bits per heavy atom. The first-order chi connectivity index (χ1) is 6.36. The monoisotopic (exact) mass is 179 g/mol. The van der Waals surface area contributed by atoms with Crippen molar-refractivity contribution in [3.63, 3.8) is 0 Å². The van der Waals surface area contributed by atoms with Crippen LogP contribution in [-0.4, -0.2) is 29.5 Å². The van der Waals surface area contributed by atoms with E-state index in [0.717, 1.165) is 25.3 Å². The molecule has 0 saturated carbocycles. The fraction of sp³-hybridized carbons (Fsp3) is 0.500. The van der Waals surface area contributed by atoms with Gasteiger partial charge in [-0.25, -0.2) is 0 Å². The summed E-state index contributed by atoms with van der Waals surface area (Å²) in [6, 6.07) is 5.99. The Balaban J connectivity index is 2.46. The van der Waals surface area contributed by atoms with Crippen LogP contribution >= 0.6 is 0 Å². The van der Waals surface area contributed by atoms with E-state index in [9.17, 15) is 0 Å². The highest BCUT2D eigenvalue weighted by Crippen LogP contribution is 1.99. The topological polar surface area (TPSA) is 42.1 Å². The number of hydrogen-bond donors (Lipinski definition) is 1. The van der Waals surface area contributed by atoms with Gasteiger partial charge in [-0.3, -0.25) is 9.88 Å². The zero-order chi connectivity index (χ0) is 9.52. The fourth-order valence-electron chi connectivity index (χ4n) is 1.25. The maximum atomic E-state index is 5.50. The van der Waals surface area contributed by atoms with Crippen LogP contribution in [0.5, 0.6) is 0 Å². The minimum atomic E-state index is 0.709. The van der Waals surface area contributed by atoms with Gasteiger partial charge >= 0.3 is 0 Å². The molecule has 0 amide bonds. The van der Waals surface area contributed by atoms with Gasteiger partial charge in [-0.2, -0.15) is 0 Å². The highest BCUT2D eigenvalue weighted by molar-refractivity contribution is 5.03. The van der Waals surface area contributed by atoms with Crippen molar-refractivity contribution >= 4 is 0 Å². The SMILES string of the molecule is CCN(CCN)Cc1ccccn1. The van der Waals surface area contributed by atoms with Gasteiger partial charge in [-0.1, -0.05) is 13.0 Å². The molecule has 0 unspecified atom stereocenters. The predicted octanol–water partition coefficient (Wildman–Crippen LogP) is 0.862. The molecule has 0 saturated heterocycles. The lowest BCUT2D eigenvalue weighted by Crippen LogP contribution is -2.29. The average molecular weight is 179 g/mol. The second-order valence-electron chi connectivity index (χ2n) is 2.98. The van der Waals surface area contributed by atoms with Gasteiger partial charge < -0.3 is 5.73 Å². The number of nitrogens with zero attached hydrogens (tertiary/aromatic N) is 2. The summed E-state index contributed by atoms with van der Waals surface area (Å²) in [5, 5.41) is 0. The molecule has 2 N–H and O–H groups in total. The van der Waals surface area contributed by atoms with Gasteiger partial charge in [0.2, 0.25) is 0 Å². The van der Waals surface area contributed by atoms with Gasteiger partial charge in [-0.15, -0.1) is 0 Å². The Bertz CT molecular complexity index is 223. The third kappa shape index (κ3) is 3.53. The summed E-state index contributed by atoms with van der Waals surface area (Å²) in [7, 11) is 0. The van der Waals surface area contributed by atoms with Crippen LogP contribution in [0, 0.1) is 0 Å². The summed E-state index contributed by atoms with van der Waals surface area (Å²) >= 11 is 0. The zero-order valence-corrected chi connectivity index (χ0v) is 8.11. The minimum absolute atomic E-state index is 0.709. The molecule has 3 nitrogen and oxygen atoms in total. The molecule has 0 aliphatic carbocycles. The maximum absolute atomic E-state index is 5.50.